The van der Waals surface area contributed by atoms with E-state index in [-0.39, 0.29) is 53.9 Å². The first-order valence-electron chi connectivity index (χ1n) is 8.32. The second-order valence-corrected chi connectivity index (χ2v) is 6.70. The van der Waals surface area contributed by atoms with Crippen LogP contribution in [-0.2, 0) is 14.4 Å². The molecule has 3 amide bonds. The summed E-state index contributed by atoms with van der Waals surface area (Å²) >= 11 is 0. The van der Waals surface area contributed by atoms with Crippen molar-refractivity contribution in [2.45, 2.75) is 6.42 Å². The van der Waals surface area contributed by atoms with Crippen LogP contribution in [0.2, 0.25) is 0 Å². The van der Waals surface area contributed by atoms with Gasteiger partial charge in [-0.2, -0.15) is 0 Å². The SMILES string of the molecule is O=C(CN1C(=O)C2C3C=CC(C3)C2C1=O)Nc1nnc(-c2ccco2)o1. The van der Waals surface area contributed by atoms with E-state index in [2.05, 4.69) is 15.5 Å². The molecule has 2 aliphatic carbocycles. The Bertz CT molecular complexity index is 901. The number of carbonyl (C=O) groups is 3. The number of hydrogen-bond acceptors (Lipinski definition) is 7. The molecule has 0 aromatic carbocycles. The Morgan fingerprint density at radius 2 is 1.92 bits per heavy atom. The summed E-state index contributed by atoms with van der Waals surface area (Å²) in [6.07, 6.45) is 6.33. The molecular formula is C17H14N4O5. The normalized spacial score (nSPS) is 28.8. The van der Waals surface area contributed by atoms with E-state index in [4.69, 9.17) is 8.83 Å². The summed E-state index contributed by atoms with van der Waals surface area (Å²) in [5.74, 6) is -1.03. The number of rotatable bonds is 4. The summed E-state index contributed by atoms with van der Waals surface area (Å²) < 4.78 is 10.4. The standard InChI is InChI=1S/C17H14N4O5/c22-11(18-17-20-19-14(26-17)10-2-1-5-25-10)7-21-15(23)12-8-3-4-9(6-8)13(12)16(21)24/h1-5,8-9,12-13H,6-7H2,(H,18,20,22). The number of amides is 3. The number of aromatic nitrogens is 2. The van der Waals surface area contributed by atoms with Crippen LogP contribution in [0.15, 0.2) is 39.4 Å². The molecule has 1 aliphatic heterocycles. The molecule has 2 fully saturated rings. The van der Waals surface area contributed by atoms with Gasteiger partial charge in [0, 0.05) is 0 Å². The lowest BCUT2D eigenvalue weighted by atomic mass is 9.85. The Hall–Kier alpha value is -3.23. The smallest absolute Gasteiger partial charge is 0.322 e. The van der Waals surface area contributed by atoms with E-state index in [1.807, 2.05) is 12.2 Å². The highest BCUT2D eigenvalue weighted by Gasteiger charge is 2.59. The quantitative estimate of drug-likeness (QED) is 0.644. The molecule has 0 radical (unpaired) electrons. The molecule has 1 N–H and O–H groups in total. The van der Waals surface area contributed by atoms with E-state index in [0.717, 1.165) is 11.3 Å². The number of fused-ring (bicyclic) bond motifs is 5. The molecular weight excluding hydrogens is 340 g/mol. The lowest BCUT2D eigenvalue weighted by Crippen LogP contribution is -2.39. The number of anilines is 1. The van der Waals surface area contributed by atoms with Crippen LogP contribution in [0.1, 0.15) is 6.42 Å². The topological polar surface area (TPSA) is 119 Å². The van der Waals surface area contributed by atoms with Crippen molar-refractivity contribution in [3.63, 3.8) is 0 Å². The molecule has 2 aromatic heterocycles. The summed E-state index contributed by atoms with van der Waals surface area (Å²) in [5, 5.41) is 9.89. The molecule has 3 aliphatic rings. The van der Waals surface area contributed by atoms with Crippen LogP contribution < -0.4 is 5.32 Å². The average Bonchev–Trinajstić information content (AvgIpc) is 3.41. The fraction of sp³-hybridized carbons (Fsp3) is 0.353. The van der Waals surface area contributed by atoms with Crippen LogP contribution in [0.5, 0.6) is 0 Å². The highest BCUT2D eigenvalue weighted by Crippen LogP contribution is 2.52. The fourth-order valence-electron chi connectivity index (χ4n) is 4.20. The summed E-state index contributed by atoms with van der Waals surface area (Å²) in [6.45, 7) is -0.359. The Morgan fingerprint density at radius 1 is 1.19 bits per heavy atom. The summed E-state index contributed by atoms with van der Waals surface area (Å²) in [4.78, 5) is 38.4. The number of allylic oxidation sites excluding steroid dienone is 2. The minimum atomic E-state index is -0.568. The van der Waals surface area contributed by atoms with Crippen molar-refractivity contribution in [2.24, 2.45) is 23.7 Å². The van der Waals surface area contributed by atoms with Gasteiger partial charge in [-0.15, -0.1) is 5.10 Å². The zero-order valence-corrected chi connectivity index (χ0v) is 13.5. The van der Waals surface area contributed by atoms with Crippen molar-refractivity contribution in [1.82, 2.24) is 15.1 Å². The van der Waals surface area contributed by atoms with Crippen LogP contribution in [0, 0.1) is 23.7 Å². The third kappa shape index (κ3) is 2.13. The predicted molar refractivity (Wildman–Crippen MR) is 85.1 cm³/mol. The number of imide groups is 1. The maximum Gasteiger partial charge on any atom is 0.322 e. The van der Waals surface area contributed by atoms with Crippen molar-refractivity contribution < 1.29 is 23.2 Å². The maximum atomic E-state index is 12.6. The zero-order chi connectivity index (χ0) is 17.8. The van der Waals surface area contributed by atoms with Gasteiger partial charge in [0.1, 0.15) is 6.54 Å². The Balaban J connectivity index is 1.27. The summed E-state index contributed by atoms with van der Waals surface area (Å²) in [6, 6.07) is 3.19. The minimum absolute atomic E-state index is 0.112. The molecule has 26 heavy (non-hydrogen) atoms. The van der Waals surface area contributed by atoms with Crippen LogP contribution in [-0.4, -0.2) is 39.4 Å². The second kappa shape index (κ2) is 5.38. The highest BCUT2D eigenvalue weighted by molar-refractivity contribution is 6.09. The molecule has 1 saturated heterocycles. The van der Waals surface area contributed by atoms with Gasteiger partial charge in [-0.25, -0.2) is 0 Å². The maximum absolute atomic E-state index is 12.6. The monoisotopic (exact) mass is 354 g/mol. The zero-order valence-electron chi connectivity index (χ0n) is 13.5. The lowest BCUT2D eigenvalue weighted by Gasteiger charge is -2.15. The molecule has 2 bridgehead atoms. The van der Waals surface area contributed by atoms with Crippen molar-refractivity contribution in [3.8, 4) is 11.7 Å². The molecule has 9 heteroatoms. The van der Waals surface area contributed by atoms with Crippen LogP contribution >= 0.6 is 0 Å². The van der Waals surface area contributed by atoms with Gasteiger partial charge in [0.2, 0.25) is 17.7 Å². The van der Waals surface area contributed by atoms with Gasteiger partial charge in [-0.1, -0.05) is 17.3 Å². The van der Waals surface area contributed by atoms with Gasteiger partial charge in [0.15, 0.2) is 5.76 Å². The van der Waals surface area contributed by atoms with Crippen LogP contribution in [0.4, 0.5) is 6.01 Å². The molecule has 0 spiro atoms. The van der Waals surface area contributed by atoms with Crippen molar-refractivity contribution in [2.75, 3.05) is 11.9 Å². The number of hydrogen-bond donors (Lipinski definition) is 1. The van der Waals surface area contributed by atoms with Gasteiger partial charge in [0.25, 0.3) is 5.89 Å². The number of carbonyl (C=O) groups excluding carboxylic acids is 3. The number of nitrogens with one attached hydrogen (secondary N) is 1. The molecule has 4 atom stereocenters. The number of nitrogens with zero attached hydrogens (tertiary/aromatic N) is 3. The van der Waals surface area contributed by atoms with Gasteiger partial charge in [-0.3, -0.25) is 24.6 Å². The first-order chi connectivity index (χ1) is 12.6. The van der Waals surface area contributed by atoms with Gasteiger partial charge in [-0.05, 0) is 30.4 Å². The third-order valence-corrected chi connectivity index (χ3v) is 5.27. The fourth-order valence-corrected chi connectivity index (χ4v) is 4.20. The van der Waals surface area contributed by atoms with Crippen molar-refractivity contribution >= 4 is 23.7 Å². The van der Waals surface area contributed by atoms with E-state index in [0.29, 0.717) is 5.76 Å². The predicted octanol–water partition coefficient (Wildman–Crippen LogP) is 1.08. The van der Waals surface area contributed by atoms with E-state index < -0.39 is 5.91 Å². The molecule has 132 valence electrons. The Morgan fingerprint density at radius 3 is 2.58 bits per heavy atom. The number of furan rings is 1. The average molecular weight is 354 g/mol. The molecule has 2 aromatic rings. The molecule has 3 heterocycles. The molecule has 5 rings (SSSR count). The van der Waals surface area contributed by atoms with E-state index in [1.54, 1.807) is 12.1 Å². The third-order valence-electron chi connectivity index (χ3n) is 5.27. The molecule has 9 nitrogen and oxygen atoms in total. The van der Waals surface area contributed by atoms with E-state index in [9.17, 15) is 14.4 Å². The van der Waals surface area contributed by atoms with Crippen LogP contribution in [0.25, 0.3) is 11.7 Å². The van der Waals surface area contributed by atoms with Crippen molar-refractivity contribution in [3.05, 3.63) is 30.5 Å². The second-order valence-electron chi connectivity index (χ2n) is 6.70. The molecule has 4 unspecified atom stereocenters. The molecule has 1 saturated carbocycles. The number of likely N-dealkylation sites (tertiary alicyclic amines) is 1. The van der Waals surface area contributed by atoms with Gasteiger partial charge < -0.3 is 8.83 Å². The Labute approximate surface area is 147 Å². The largest absolute Gasteiger partial charge is 0.459 e. The minimum Gasteiger partial charge on any atom is -0.459 e. The van der Waals surface area contributed by atoms with E-state index in [1.165, 1.54) is 6.26 Å². The Kier molecular flexibility index (Phi) is 3.12. The van der Waals surface area contributed by atoms with E-state index >= 15 is 0 Å². The summed E-state index contributed by atoms with van der Waals surface area (Å²) in [5.41, 5.74) is 0. The highest BCUT2D eigenvalue weighted by atomic mass is 16.4. The summed E-state index contributed by atoms with van der Waals surface area (Å²) in [7, 11) is 0. The van der Waals surface area contributed by atoms with Crippen LogP contribution in [0.3, 0.4) is 0 Å². The van der Waals surface area contributed by atoms with Crippen molar-refractivity contribution in [1.29, 1.82) is 0 Å². The van der Waals surface area contributed by atoms with Gasteiger partial charge >= 0.3 is 6.01 Å². The lowest BCUT2D eigenvalue weighted by molar-refractivity contribution is -0.143. The first-order valence-corrected chi connectivity index (χ1v) is 8.32. The first kappa shape index (κ1) is 15.1. The van der Waals surface area contributed by atoms with Gasteiger partial charge in [0.05, 0.1) is 18.1 Å².